The quantitative estimate of drug-likeness (QED) is 0.526. The van der Waals surface area contributed by atoms with E-state index >= 15 is 0 Å². The van der Waals surface area contributed by atoms with Crippen molar-refractivity contribution in [1.29, 1.82) is 0 Å². The first kappa shape index (κ1) is 13.4. The van der Waals surface area contributed by atoms with E-state index in [2.05, 4.69) is 20.3 Å². The predicted molar refractivity (Wildman–Crippen MR) is 75.4 cm³/mol. The van der Waals surface area contributed by atoms with Crippen molar-refractivity contribution in [3.8, 4) is 0 Å². The van der Waals surface area contributed by atoms with Crippen LogP contribution in [0.25, 0.3) is 11.2 Å². The van der Waals surface area contributed by atoms with Crippen molar-refractivity contribution in [2.75, 3.05) is 12.8 Å². The van der Waals surface area contributed by atoms with Crippen LogP contribution in [0.4, 0.5) is 5.82 Å². The molecule has 0 spiro atoms. The number of rotatable bonds is 2. The second kappa shape index (κ2) is 4.14. The van der Waals surface area contributed by atoms with Crippen molar-refractivity contribution in [3.05, 3.63) is 12.7 Å². The van der Waals surface area contributed by atoms with Gasteiger partial charge in [-0.1, -0.05) is 0 Å². The van der Waals surface area contributed by atoms with Crippen molar-refractivity contribution in [3.63, 3.8) is 0 Å². The van der Waals surface area contributed by atoms with E-state index in [0.717, 1.165) is 0 Å². The first-order valence-corrected chi connectivity index (χ1v) is 7.03. The van der Waals surface area contributed by atoms with Gasteiger partial charge >= 0.3 is 0 Å². The van der Waals surface area contributed by atoms with E-state index in [0.29, 0.717) is 17.6 Å². The molecular weight excluding hydrogens is 288 g/mol. The largest absolute Gasteiger partial charge is 0.389 e. The van der Waals surface area contributed by atoms with E-state index in [1.54, 1.807) is 4.57 Å². The standard InChI is InChI=1S/C13H16N6O3/c1-15-12(22)13-2-5(13)7(8(20)9(13)21)19-4-18-6-10(14)16-3-17-11(6)19/h3-5,7-9,20-21H,2H2,1H3,(H,15,22)(H2,14,16,17)/t5-,7-,8?,9?,13+/m1/s1. The van der Waals surface area contributed by atoms with Crippen molar-refractivity contribution in [2.45, 2.75) is 24.7 Å². The van der Waals surface area contributed by atoms with E-state index in [1.807, 2.05) is 0 Å². The zero-order valence-electron chi connectivity index (χ0n) is 11.8. The van der Waals surface area contributed by atoms with Crippen LogP contribution in [0.15, 0.2) is 12.7 Å². The number of aliphatic hydroxyl groups is 2. The number of hydrogen-bond acceptors (Lipinski definition) is 7. The van der Waals surface area contributed by atoms with Gasteiger partial charge in [-0.25, -0.2) is 15.0 Å². The molecule has 1 amide bonds. The second-order valence-corrected chi connectivity index (χ2v) is 5.94. The number of aromatic nitrogens is 4. The molecule has 116 valence electrons. The first-order valence-electron chi connectivity index (χ1n) is 7.03. The Hall–Kier alpha value is -2.26. The molecule has 22 heavy (non-hydrogen) atoms. The molecule has 9 nitrogen and oxygen atoms in total. The van der Waals surface area contributed by atoms with Gasteiger partial charge < -0.3 is 25.8 Å². The molecule has 2 unspecified atom stereocenters. The van der Waals surface area contributed by atoms with Crippen molar-refractivity contribution < 1.29 is 15.0 Å². The third-order valence-electron chi connectivity index (χ3n) is 5.03. The normalized spacial score (nSPS) is 36.3. The number of anilines is 1. The number of fused-ring (bicyclic) bond motifs is 2. The molecule has 2 saturated carbocycles. The molecule has 5 N–H and O–H groups in total. The maximum atomic E-state index is 12.1. The molecule has 9 heteroatoms. The van der Waals surface area contributed by atoms with Crippen LogP contribution in [0.3, 0.4) is 0 Å². The van der Waals surface area contributed by atoms with Gasteiger partial charge in [0.05, 0.1) is 23.9 Å². The van der Waals surface area contributed by atoms with Crippen LogP contribution in [-0.2, 0) is 4.79 Å². The molecule has 0 aliphatic heterocycles. The Balaban J connectivity index is 1.80. The molecular formula is C13H16N6O3. The van der Waals surface area contributed by atoms with Crippen LogP contribution >= 0.6 is 0 Å². The lowest BCUT2D eigenvalue weighted by atomic mass is 9.98. The van der Waals surface area contributed by atoms with E-state index in [4.69, 9.17) is 5.73 Å². The van der Waals surface area contributed by atoms with E-state index in [1.165, 1.54) is 19.7 Å². The molecule has 2 aliphatic carbocycles. The molecule has 5 atom stereocenters. The minimum Gasteiger partial charge on any atom is -0.389 e. The highest BCUT2D eigenvalue weighted by atomic mass is 16.3. The fraction of sp³-hybridized carbons (Fsp3) is 0.538. The Kier molecular flexibility index (Phi) is 2.52. The van der Waals surface area contributed by atoms with Crippen LogP contribution in [0.5, 0.6) is 0 Å². The number of nitrogen functional groups attached to an aromatic ring is 1. The summed E-state index contributed by atoms with van der Waals surface area (Å²) >= 11 is 0. The Morgan fingerprint density at radius 1 is 1.45 bits per heavy atom. The molecule has 2 aromatic heterocycles. The third kappa shape index (κ3) is 1.39. The minimum absolute atomic E-state index is 0.161. The number of nitrogens with zero attached hydrogens (tertiary/aromatic N) is 4. The van der Waals surface area contributed by atoms with Gasteiger partial charge in [0, 0.05) is 13.0 Å². The summed E-state index contributed by atoms with van der Waals surface area (Å²) in [6.45, 7) is 0. The average molecular weight is 304 g/mol. The first-order chi connectivity index (χ1) is 10.5. The van der Waals surface area contributed by atoms with Gasteiger partial charge in [-0.2, -0.15) is 0 Å². The van der Waals surface area contributed by atoms with Crippen LogP contribution in [-0.4, -0.2) is 54.9 Å². The van der Waals surface area contributed by atoms with Gasteiger partial charge in [0.25, 0.3) is 0 Å². The van der Waals surface area contributed by atoms with Gasteiger partial charge in [0.15, 0.2) is 11.5 Å². The third-order valence-corrected chi connectivity index (χ3v) is 5.03. The highest BCUT2D eigenvalue weighted by Gasteiger charge is 2.75. The number of nitrogens with one attached hydrogen (secondary N) is 1. The molecule has 4 rings (SSSR count). The lowest BCUT2D eigenvalue weighted by molar-refractivity contribution is -0.132. The molecule has 0 aromatic carbocycles. The summed E-state index contributed by atoms with van der Waals surface area (Å²) < 4.78 is 1.68. The summed E-state index contributed by atoms with van der Waals surface area (Å²) in [6, 6.07) is -0.466. The topological polar surface area (TPSA) is 139 Å². The molecule has 2 fully saturated rings. The highest BCUT2D eigenvalue weighted by molar-refractivity contribution is 5.88. The van der Waals surface area contributed by atoms with E-state index in [-0.39, 0.29) is 17.6 Å². The number of imidazole rings is 1. The van der Waals surface area contributed by atoms with Gasteiger partial charge in [0.1, 0.15) is 17.9 Å². The molecule has 0 bridgehead atoms. The van der Waals surface area contributed by atoms with Gasteiger partial charge in [-0.3, -0.25) is 4.79 Å². The summed E-state index contributed by atoms with van der Waals surface area (Å²) in [5, 5.41) is 23.3. The molecule has 2 aromatic rings. The Bertz CT molecular complexity index is 776. The van der Waals surface area contributed by atoms with Gasteiger partial charge in [-0.15, -0.1) is 0 Å². The zero-order valence-corrected chi connectivity index (χ0v) is 11.8. The number of hydrogen-bond donors (Lipinski definition) is 4. The number of amides is 1. The molecule has 0 radical (unpaired) electrons. The Labute approximate surface area is 125 Å². The van der Waals surface area contributed by atoms with Crippen LogP contribution in [0, 0.1) is 11.3 Å². The Morgan fingerprint density at radius 3 is 2.95 bits per heavy atom. The maximum absolute atomic E-state index is 12.1. The number of carbonyl (C=O) groups excluding carboxylic acids is 1. The summed E-state index contributed by atoms with van der Waals surface area (Å²) in [5.74, 6) is -0.152. The SMILES string of the molecule is CNC(=O)[C@@]12C[C@@H]1[C@@H](n1cnc3c(N)ncnc31)C(O)C2O. The summed E-state index contributed by atoms with van der Waals surface area (Å²) in [4.78, 5) is 24.3. The Morgan fingerprint density at radius 2 is 2.23 bits per heavy atom. The average Bonchev–Trinajstić information content (AvgIpc) is 3.04. The summed E-state index contributed by atoms with van der Waals surface area (Å²) in [7, 11) is 1.53. The van der Waals surface area contributed by atoms with Crippen LogP contribution < -0.4 is 11.1 Å². The molecule has 2 aliphatic rings. The zero-order chi connectivity index (χ0) is 15.6. The second-order valence-electron chi connectivity index (χ2n) is 5.94. The number of nitrogens with two attached hydrogens (primary N) is 1. The van der Waals surface area contributed by atoms with Crippen molar-refractivity contribution in [2.24, 2.45) is 11.3 Å². The summed E-state index contributed by atoms with van der Waals surface area (Å²) in [6.07, 6.45) is 1.19. The van der Waals surface area contributed by atoms with Gasteiger partial charge in [0.2, 0.25) is 5.91 Å². The summed E-state index contributed by atoms with van der Waals surface area (Å²) in [5.41, 5.74) is 5.78. The lowest BCUT2D eigenvalue weighted by Gasteiger charge is -2.23. The van der Waals surface area contributed by atoms with E-state index < -0.39 is 23.7 Å². The van der Waals surface area contributed by atoms with Crippen LogP contribution in [0.2, 0.25) is 0 Å². The van der Waals surface area contributed by atoms with Crippen LogP contribution in [0.1, 0.15) is 12.5 Å². The number of aliphatic hydroxyl groups excluding tert-OH is 2. The number of carbonyl (C=O) groups is 1. The minimum atomic E-state index is -1.11. The monoisotopic (exact) mass is 304 g/mol. The lowest BCUT2D eigenvalue weighted by Crippen LogP contribution is -2.41. The van der Waals surface area contributed by atoms with E-state index in [9.17, 15) is 15.0 Å². The molecule has 0 saturated heterocycles. The van der Waals surface area contributed by atoms with Gasteiger partial charge in [-0.05, 0) is 6.42 Å². The fourth-order valence-corrected chi connectivity index (χ4v) is 3.87. The van der Waals surface area contributed by atoms with Crippen molar-refractivity contribution >= 4 is 22.9 Å². The predicted octanol–water partition coefficient (Wildman–Crippen LogP) is -1.56. The smallest absolute Gasteiger partial charge is 0.229 e. The van der Waals surface area contributed by atoms with Crippen molar-refractivity contribution in [1.82, 2.24) is 24.8 Å². The fourth-order valence-electron chi connectivity index (χ4n) is 3.87. The highest BCUT2D eigenvalue weighted by Crippen LogP contribution is 2.67. The maximum Gasteiger partial charge on any atom is 0.229 e. The molecule has 2 heterocycles.